The predicted octanol–water partition coefficient (Wildman–Crippen LogP) is 2.48. The minimum Gasteiger partial charge on any atom is -0.377 e. The van der Waals surface area contributed by atoms with Gasteiger partial charge in [-0.15, -0.1) is 0 Å². The van der Waals surface area contributed by atoms with Crippen molar-refractivity contribution in [3.05, 3.63) is 35.4 Å². The van der Waals surface area contributed by atoms with Crippen LogP contribution in [-0.2, 0) is 11.3 Å². The number of rotatable bonds is 6. The second kappa shape index (κ2) is 6.55. The number of nitrogens with one attached hydrogen (secondary N) is 1. The molecule has 4 heteroatoms. The monoisotopic (exact) mass is 229 g/mol. The lowest BCUT2D eigenvalue weighted by Gasteiger charge is -2.12. The average molecular weight is 229 g/mol. The zero-order valence-corrected chi connectivity index (χ0v) is 9.59. The summed E-state index contributed by atoms with van der Waals surface area (Å²) < 4.78 is 31.0. The van der Waals surface area contributed by atoms with E-state index in [9.17, 15) is 8.78 Å². The average Bonchev–Trinajstić information content (AvgIpc) is 2.16. The van der Waals surface area contributed by atoms with Gasteiger partial charge >= 0.3 is 0 Å². The Morgan fingerprint density at radius 1 is 1.25 bits per heavy atom. The van der Waals surface area contributed by atoms with E-state index in [4.69, 9.17) is 4.74 Å². The predicted molar refractivity (Wildman–Crippen MR) is 59.2 cm³/mol. The van der Waals surface area contributed by atoms with Crippen molar-refractivity contribution in [2.75, 3.05) is 13.2 Å². The van der Waals surface area contributed by atoms with Crippen LogP contribution in [-0.4, -0.2) is 19.3 Å². The van der Waals surface area contributed by atoms with Gasteiger partial charge < -0.3 is 10.1 Å². The third-order valence-electron chi connectivity index (χ3n) is 2.13. The molecule has 0 aliphatic heterocycles. The SMILES string of the molecule is CCOC(C)CNCc1cc(F)cc(F)c1. The van der Waals surface area contributed by atoms with Gasteiger partial charge in [0.2, 0.25) is 0 Å². The van der Waals surface area contributed by atoms with E-state index in [1.165, 1.54) is 12.1 Å². The summed E-state index contributed by atoms with van der Waals surface area (Å²) in [5.74, 6) is -1.09. The summed E-state index contributed by atoms with van der Waals surface area (Å²) in [7, 11) is 0. The molecule has 0 heterocycles. The minimum atomic E-state index is -0.547. The highest BCUT2D eigenvalue weighted by Gasteiger charge is 2.02. The summed E-state index contributed by atoms with van der Waals surface area (Å²) in [5.41, 5.74) is 0.598. The van der Waals surface area contributed by atoms with E-state index in [1.807, 2.05) is 13.8 Å². The maximum Gasteiger partial charge on any atom is 0.126 e. The molecule has 0 saturated carbocycles. The highest BCUT2D eigenvalue weighted by molar-refractivity contribution is 5.17. The molecule has 1 atom stereocenters. The van der Waals surface area contributed by atoms with E-state index in [1.54, 1.807) is 0 Å². The van der Waals surface area contributed by atoms with Gasteiger partial charge in [0.25, 0.3) is 0 Å². The molecule has 1 aromatic carbocycles. The van der Waals surface area contributed by atoms with Gasteiger partial charge in [0.1, 0.15) is 11.6 Å². The van der Waals surface area contributed by atoms with Crippen LogP contribution in [0.25, 0.3) is 0 Å². The third-order valence-corrected chi connectivity index (χ3v) is 2.13. The highest BCUT2D eigenvalue weighted by atomic mass is 19.1. The Labute approximate surface area is 94.6 Å². The fourth-order valence-corrected chi connectivity index (χ4v) is 1.48. The molecule has 0 spiro atoms. The summed E-state index contributed by atoms with van der Waals surface area (Å²) in [6.45, 7) is 5.64. The van der Waals surface area contributed by atoms with Crippen molar-refractivity contribution in [3.8, 4) is 0 Å². The van der Waals surface area contributed by atoms with E-state index in [-0.39, 0.29) is 6.10 Å². The summed E-state index contributed by atoms with van der Waals surface area (Å²) >= 11 is 0. The van der Waals surface area contributed by atoms with Gasteiger partial charge in [-0.3, -0.25) is 0 Å². The summed E-state index contributed by atoms with van der Waals surface area (Å²) in [4.78, 5) is 0. The van der Waals surface area contributed by atoms with Crippen LogP contribution in [0.3, 0.4) is 0 Å². The Morgan fingerprint density at radius 3 is 2.44 bits per heavy atom. The first-order valence-electron chi connectivity index (χ1n) is 5.39. The lowest BCUT2D eigenvalue weighted by atomic mass is 10.2. The number of halogens is 2. The topological polar surface area (TPSA) is 21.3 Å². The van der Waals surface area contributed by atoms with Crippen LogP contribution < -0.4 is 5.32 Å². The molecule has 0 fully saturated rings. The van der Waals surface area contributed by atoms with Crippen LogP contribution in [0.2, 0.25) is 0 Å². The Hall–Kier alpha value is -1.00. The molecule has 1 aromatic rings. The van der Waals surface area contributed by atoms with Gasteiger partial charge in [0.15, 0.2) is 0 Å². The highest BCUT2D eigenvalue weighted by Crippen LogP contribution is 2.07. The summed E-state index contributed by atoms with van der Waals surface area (Å²) in [5, 5.41) is 3.08. The van der Waals surface area contributed by atoms with Crippen molar-refractivity contribution in [3.63, 3.8) is 0 Å². The molecule has 90 valence electrons. The van der Waals surface area contributed by atoms with Crippen LogP contribution in [0.15, 0.2) is 18.2 Å². The maximum atomic E-state index is 12.8. The fourth-order valence-electron chi connectivity index (χ4n) is 1.48. The quantitative estimate of drug-likeness (QED) is 0.809. The van der Waals surface area contributed by atoms with Gasteiger partial charge in [-0.2, -0.15) is 0 Å². The van der Waals surface area contributed by atoms with Gasteiger partial charge in [0.05, 0.1) is 6.10 Å². The molecule has 0 aliphatic carbocycles. The smallest absolute Gasteiger partial charge is 0.126 e. The lowest BCUT2D eigenvalue weighted by molar-refractivity contribution is 0.0759. The van der Waals surface area contributed by atoms with E-state index in [0.717, 1.165) is 6.07 Å². The molecule has 1 N–H and O–H groups in total. The molecule has 0 saturated heterocycles. The molecule has 2 nitrogen and oxygen atoms in total. The van der Waals surface area contributed by atoms with Crippen molar-refractivity contribution in [2.24, 2.45) is 0 Å². The molecule has 1 rings (SSSR count). The molecule has 0 amide bonds. The zero-order chi connectivity index (χ0) is 12.0. The first kappa shape index (κ1) is 13.1. The van der Waals surface area contributed by atoms with Crippen molar-refractivity contribution in [2.45, 2.75) is 26.5 Å². The first-order valence-corrected chi connectivity index (χ1v) is 5.39. The van der Waals surface area contributed by atoms with Gasteiger partial charge in [-0.1, -0.05) is 0 Å². The van der Waals surface area contributed by atoms with Gasteiger partial charge in [-0.25, -0.2) is 8.78 Å². The van der Waals surface area contributed by atoms with Crippen molar-refractivity contribution < 1.29 is 13.5 Å². The van der Waals surface area contributed by atoms with Gasteiger partial charge in [-0.05, 0) is 31.5 Å². The van der Waals surface area contributed by atoms with Crippen LogP contribution in [0, 0.1) is 11.6 Å². The van der Waals surface area contributed by atoms with Crippen molar-refractivity contribution >= 4 is 0 Å². The molecule has 0 aliphatic rings. The number of ether oxygens (including phenoxy) is 1. The number of hydrogen-bond donors (Lipinski definition) is 1. The lowest BCUT2D eigenvalue weighted by Crippen LogP contribution is -2.26. The normalized spacial score (nSPS) is 12.8. The van der Waals surface area contributed by atoms with E-state index in [0.29, 0.717) is 25.3 Å². The second-order valence-electron chi connectivity index (χ2n) is 3.67. The zero-order valence-electron chi connectivity index (χ0n) is 9.59. The minimum absolute atomic E-state index is 0.100. The number of benzene rings is 1. The molecule has 1 unspecified atom stereocenters. The molecule has 0 radical (unpaired) electrons. The number of hydrogen-bond acceptors (Lipinski definition) is 2. The molecule has 16 heavy (non-hydrogen) atoms. The largest absolute Gasteiger partial charge is 0.377 e. The van der Waals surface area contributed by atoms with Crippen molar-refractivity contribution in [1.82, 2.24) is 5.32 Å². The van der Waals surface area contributed by atoms with E-state index < -0.39 is 11.6 Å². The summed E-state index contributed by atoms with van der Waals surface area (Å²) in [6, 6.07) is 3.51. The Balaban J connectivity index is 2.37. The van der Waals surface area contributed by atoms with Crippen LogP contribution in [0.5, 0.6) is 0 Å². The van der Waals surface area contributed by atoms with E-state index in [2.05, 4.69) is 5.32 Å². The van der Waals surface area contributed by atoms with E-state index >= 15 is 0 Å². The van der Waals surface area contributed by atoms with Crippen LogP contribution in [0.1, 0.15) is 19.4 Å². The Kier molecular flexibility index (Phi) is 5.35. The van der Waals surface area contributed by atoms with Crippen molar-refractivity contribution in [1.29, 1.82) is 0 Å². The third kappa shape index (κ3) is 4.68. The Morgan fingerprint density at radius 2 is 1.88 bits per heavy atom. The van der Waals surface area contributed by atoms with Gasteiger partial charge in [0, 0.05) is 25.8 Å². The Bertz CT molecular complexity index is 311. The molecular formula is C12H17F2NO. The van der Waals surface area contributed by atoms with Crippen LogP contribution in [0.4, 0.5) is 8.78 Å². The second-order valence-corrected chi connectivity index (χ2v) is 3.67. The molecule has 0 aromatic heterocycles. The fraction of sp³-hybridized carbons (Fsp3) is 0.500. The maximum absolute atomic E-state index is 12.8. The van der Waals surface area contributed by atoms with Crippen LogP contribution >= 0.6 is 0 Å². The summed E-state index contributed by atoms with van der Waals surface area (Å²) in [6.07, 6.45) is 0.100. The molecule has 0 bridgehead atoms. The first-order chi connectivity index (χ1) is 7.61. The standard InChI is InChI=1S/C12H17F2NO/c1-3-16-9(2)7-15-8-10-4-11(13)6-12(14)5-10/h4-6,9,15H,3,7-8H2,1-2H3. The molecular weight excluding hydrogens is 212 g/mol.